The number of benzene rings is 1. The fourth-order valence-corrected chi connectivity index (χ4v) is 2.03. The number of allylic oxidation sites excluding steroid dienone is 1. The molecule has 0 radical (unpaired) electrons. The summed E-state index contributed by atoms with van der Waals surface area (Å²) in [7, 11) is 0. The largest absolute Gasteiger partial charge is 0.460 e. The first-order chi connectivity index (χ1) is 9.16. The molecule has 3 nitrogen and oxygen atoms in total. The molecule has 102 valence electrons. The van der Waals surface area contributed by atoms with Crippen LogP contribution in [0.2, 0.25) is 0 Å². The minimum atomic E-state index is -0.462. The van der Waals surface area contributed by atoms with Crippen LogP contribution in [0.15, 0.2) is 30.3 Å². The van der Waals surface area contributed by atoms with E-state index in [0.717, 1.165) is 19.4 Å². The van der Waals surface area contributed by atoms with Gasteiger partial charge in [0.1, 0.15) is 12.4 Å². The Kier molecular flexibility index (Phi) is 4.68. The number of hydrogen-bond acceptors (Lipinski definition) is 3. The summed E-state index contributed by atoms with van der Waals surface area (Å²) in [6.07, 6.45) is 3.24. The second kappa shape index (κ2) is 6.48. The van der Waals surface area contributed by atoms with E-state index in [-0.39, 0.29) is 18.5 Å². The molecule has 0 spiro atoms. The Balaban J connectivity index is 1.92. The zero-order chi connectivity index (χ0) is 13.7. The monoisotopic (exact) mass is 264 g/mol. The third kappa shape index (κ3) is 3.89. The minimum absolute atomic E-state index is 0.00566. The molecule has 0 bridgehead atoms. The van der Waals surface area contributed by atoms with Crippen LogP contribution in [0.25, 0.3) is 5.57 Å². The van der Waals surface area contributed by atoms with Crippen molar-refractivity contribution < 1.29 is 18.7 Å². The number of halogens is 1. The summed E-state index contributed by atoms with van der Waals surface area (Å²) >= 11 is 0. The van der Waals surface area contributed by atoms with E-state index >= 15 is 0 Å². The van der Waals surface area contributed by atoms with E-state index in [1.165, 1.54) is 12.1 Å². The quantitative estimate of drug-likeness (QED) is 0.619. The standard InChI is InChI=1S/C15H17FO3/c1-11(13-6-2-3-7-14(13)16)9-15(17)19-10-12-5-4-8-18-12/h2-3,6-7,9,12H,4-5,8,10H2,1H3. The zero-order valence-electron chi connectivity index (χ0n) is 10.9. The predicted octanol–water partition coefficient (Wildman–Crippen LogP) is 2.95. The lowest BCUT2D eigenvalue weighted by atomic mass is 10.1. The van der Waals surface area contributed by atoms with Gasteiger partial charge in [-0.2, -0.15) is 0 Å². The van der Waals surface area contributed by atoms with Crippen LogP contribution in [-0.4, -0.2) is 25.3 Å². The molecule has 4 heteroatoms. The third-order valence-corrected chi connectivity index (χ3v) is 3.07. The molecule has 1 unspecified atom stereocenters. The van der Waals surface area contributed by atoms with Gasteiger partial charge >= 0.3 is 5.97 Å². The van der Waals surface area contributed by atoms with Crippen LogP contribution >= 0.6 is 0 Å². The van der Waals surface area contributed by atoms with Crippen molar-refractivity contribution in [2.75, 3.05) is 13.2 Å². The molecular formula is C15H17FO3. The fourth-order valence-electron chi connectivity index (χ4n) is 2.03. The van der Waals surface area contributed by atoms with Crippen molar-refractivity contribution in [2.45, 2.75) is 25.9 Å². The van der Waals surface area contributed by atoms with Gasteiger partial charge in [0.05, 0.1) is 6.10 Å². The summed E-state index contributed by atoms with van der Waals surface area (Å²) in [5, 5.41) is 0. The van der Waals surface area contributed by atoms with Crippen LogP contribution in [0.5, 0.6) is 0 Å². The Hall–Kier alpha value is -1.68. The van der Waals surface area contributed by atoms with E-state index in [9.17, 15) is 9.18 Å². The molecule has 1 aliphatic heterocycles. The molecule has 2 rings (SSSR count). The van der Waals surface area contributed by atoms with E-state index in [1.54, 1.807) is 25.1 Å². The first-order valence-electron chi connectivity index (χ1n) is 6.38. The smallest absolute Gasteiger partial charge is 0.331 e. The minimum Gasteiger partial charge on any atom is -0.460 e. The van der Waals surface area contributed by atoms with Crippen LogP contribution in [0.1, 0.15) is 25.3 Å². The number of esters is 1. The van der Waals surface area contributed by atoms with Gasteiger partial charge in [-0.3, -0.25) is 0 Å². The highest BCUT2D eigenvalue weighted by molar-refractivity contribution is 5.90. The van der Waals surface area contributed by atoms with Crippen molar-refractivity contribution in [2.24, 2.45) is 0 Å². The highest BCUT2D eigenvalue weighted by Crippen LogP contribution is 2.17. The number of carbonyl (C=O) groups excluding carboxylic acids is 1. The molecule has 0 N–H and O–H groups in total. The molecule has 19 heavy (non-hydrogen) atoms. The van der Waals surface area contributed by atoms with Gasteiger partial charge in [-0.15, -0.1) is 0 Å². The molecule has 1 saturated heterocycles. The molecule has 0 aromatic heterocycles. The molecular weight excluding hydrogens is 247 g/mol. The van der Waals surface area contributed by atoms with Gasteiger partial charge < -0.3 is 9.47 Å². The maximum atomic E-state index is 13.5. The molecule has 1 heterocycles. The van der Waals surface area contributed by atoms with Crippen molar-refractivity contribution in [3.8, 4) is 0 Å². The van der Waals surface area contributed by atoms with Crippen molar-refractivity contribution in [3.63, 3.8) is 0 Å². The number of rotatable bonds is 4. The molecule has 0 amide bonds. The molecule has 0 aliphatic carbocycles. The lowest BCUT2D eigenvalue weighted by Gasteiger charge is -2.09. The molecule has 1 atom stereocenters. The van der Waals surface area contributed by atoms with Gasteiger partial charge in [0.15, 0.2) is 0 Å². The summed E-state index contributed by atoms with van der Waals surface area (Å²) in [6.45, 7) is 2.68. The Morgan fingerprint density at radius 2 is 2.32 bits per heavy atom. The van der Waals surface area contributed by atoms with Gasteiger partial charge in [-0.1, -0.05) is 18.2 Å². The van der Waals surface area contributed by atoms with Crippen molar-refractivity contribution in [3.05, 3.63) is 41.7 Å². The van der Waals surface area contributed by atoms with E-state index in [4.69, 9.17) is 9.47 Å². The molecule has 1 fully saturated rings. The Bertz CT molecular complexity index is 476. The maximum absolute atomic E-state index is 13.5. The average Bonchev–Trinajstić information content (AvgIpc) is 2.90. The average molecular weight is 264 g/mol. The number of carbonyl (C=O) groups is 1. The summed E-state index contributed by atoms with van der Waals surface area (Å²) < 4.78 is 24.0. The van der Waals surface area contributed by atoms with E-state index in [1.807, 2.05) is 0 Å². The van der Waals surface area contributed by atoms with E-state index < -0.39 is 5.97 Å². The van der Waals surface area contributed by atoms with Crippen LogP contribution in [-0.2, 0) is 14.3 Å². The normalized spacial score (nSPS) is 19.5. The van der Waals surface area contributed by atoms with Gasteiger partial charge in [0.2, 0.25) is 0 Å². The summed E-state index contributed by atoms with van der Waals surface area (Å²) in [6, 6.07) is 6.34. The SMILES string of the molecule is CC(=CC(=O)OCC1CCCO1)c1ccccc1F. The predicted molar refractivity (Wildman–Crippen MR) is 70.0 cm³/mol. The lowest BCUT2D eigenvalue weighted by molar-refractivity contribution is -0.140. The molecule has 1 aliphatic rings. The summed E-state index contributed by atoms with van der Waals surface area (Å²) in [5.74, 6) is -0.806. The van der Waals surface area contributed by atoms with Crippen molar-refractivity contribution in [1.82, 2.24) is 0 Å². The van der Waals surface area contributed by atoms with Crippen LogP contribution in [0.3, 0.4) is 0 Å². The zero-order valence-corrected chi connectivity index (χ0v) is 10.9. The second-order valence-electron chi connectivity index (χ2n) is 4.57. The summed E-state index contributed by atoms with van der Waals surface area (Å²) in [4.78, 5) is 11.6. The second-order valence-corrected chi connectivity index (χ2v) is 4.57. The van der Waals surface area contributed by atoms with E-state index in [0.29, 0.717) is 11.1 Å². The molecule has 1 aromatic carbocycles. The highest BCUT2D eigenvalue weighted by Gasteiger charge is 2.17. The third-order valence-electron chi connectivity index (χ3n) is 3.07. The Morgan fingerprint density at radius 1 is 1.53 bits per heavy atom. The Labute approximate surface area is 112 Å². The van der Waals surface area contributed by atoms with Gasteiger partial charge in [0, 0.05) is 18.2 Å². The van der Waals surface area contributed by atoms with Crippen LogP contribution in [0.4, 0.5) is 4.39 Å². The topological polar surface area (TPSA) is 35.5 Å². The maximum Gasteiger partial charge on any atom is 0.331 e. The van der Waals surface area contributed by atoms with Crippen molar-refractivity contribution in [1.29, 1.82) is 0 Å². The van der Waals surface area contributed by atoms with E-state index in [2.05, 4.69) is 0 Å². The number of ether oxygens (including phenoxy) is 2. The number of hydrogen-bond donors (Lipinski definition) is 0. The molecule has 1 aromatic rings. The first kappa shape index (κ1) is 13.7. The van der Waals surface area contributed by atoms with Crippen LogP contribution < -0.4 is 0 Å². The van der Waals surface area contributed by atoms with Gasteiger partial charge in [-0.05, 0) is 31.4 Å². The fraction of sp³-hybridized carbons (Fsp3) is 0.400. The van der Waals surface area contributed by atoms with Crippen LogP contribution in [0, 0.1) is 5.82 Å². The highest BCUT2D eigenvalue weighted by atomic mass is 19.1. The van der Waals surface area contributed by atoms with Gasteiger partial charge in [-0.25, -0.2) is 9.18 Å². The Morgan fingerprint density at radius 3 is 3.00 bits per heavy atom. The lowest BCUT2D eigenvalue weighted by Crippen LogP contribution is -2.16. The van der Waals surface area contributed by atoms with Gasteiger partial charge in [0.25, 0.3) is 0 Å². The molecule has 0 saturated carbocycles. The van der Waals surface area contributed by atoms with Crippen molar-refractivity contribution >= 4 is 11.5 Å². The summed E-state index contributed by atoms with van der Waals surface area (Å²) in [5.41, 5.74) is 0.965. The first-order valence-corrected chi connectivity index (χ1v) is 6.38.